The second-order valence-electron chi connectivity index (χ2n) is 8.42. The summed E-state index contributed by atoms with van der Waals surface area (Å²) in [5.41, 5.74) is 1.41. The van der Waals surface area contributed by atoms with E-state index in [2.05, 4.69) is 5.18 Å². The van der Waals surface area contributed by atoms with Gasteiger partial charge < -0.3 is 29.9 Å². The molecule has 2 aromatic rings. The number of fused-ring (bicyclic) bond motifs is 2. The quantitative estimate of drug-likeness (QED) is 0.463. The van der Waals surface area contributed by atoms with Gasteiger partial charge in [-0.25, -0.2) is 0 Å². The fourth-order valence-electron chi connectivity index (χ4n) is 4.45. The van der Waals surface area contributed by atoms with Crippen molar-refractivity contribution in [1.82, 2.24) is 0 Å². The van der Waals surface area contributed by atoms with Gasteiger partial charge in [-0.05, 0) is 41.7 Å². The van der Waals surface area contributed by atoms with Crippen LogP contribution in [0.5, 0.6) is 0 Å². The summed E-state index contributed by atoms with van der Waals surface area (Å²) in [4.78, 5) is 11.0. The zero-order valence-electron chi connectivity index (χ0n) is 17.5. The minimum atomic E-state index is -1.74. The van der Waals surface area contributed by atoms with E-state index in [0.717, 1.165) is 16.7 Å². The number of halogens is 1. The molecule has 2 heterocycles. The van der Waals surface area contributed by atoms with Crippen LogP contribution in [0, 0.1) is 4.91 Å². The molecule has 0 spiro atoms. The first-order chi connectivity index (χ1) is 15.3. The molecular weight excluding hydrogens is 438 g/mol. The van der Waals surface area contributed by atoms with Crippen LogP contribution in [0.3, 0.4) is 0 Å². The maximum atomic E-state index is 11.0. The Morgan fingerprint density at radius 3 is 2.50 bits per heavy atom. The molecule has 4 rings (SSSR count). The molecule has 4 N–H and O–H groups in total. The highest BCUT2D eigenvalue weighted by atomic mass is 35.5. The normalized spacial score (nSPS) is 32.6. The highest BCUT2D eigenvalue weighted by molar-refractivity contribution is 6.31. The van der Waals surface area contributed by atoms with Crippen molar-refractivity contribution in [2.75, 3.05) is 13.2 Å². The molecule has 0 radical (unpaired) electrons. The first-order valence-electron chi connectivity index (χ1n) is 10.5. The van der Waals surface area contributed by atoms with Crippen LogP contribution in [-0.4, -0.2) is 57.6 Å². The standard InChI is InChI=1S/C23H26ClNO7/c1-2-18(25-30)14-5-3-13(4-6-14)9-15-10-16(7-8-17(15)24)23-21(29)19(27)20(28)22(11-26,32-23)12-31-23/h3-8,10,18-21,26-29H,2,9,11-12H2,1H3. The van der Waals surface area contributed by atoms with Crippen LogP contribution >= 0.6 is 11.6 Å². The molecule has 6 atom stereocenters. The molecule has 9 heteroatoms. The summed E-state index contributed by atoms with van der Waals surface area (Å²) in [6.45, 7) is 1.13. The van der Waals surface area contributed by atoms with E-state index in [9.17, 15) is 25.3 Å². The Labute approximate surface area is 190 Å². The van der Waals surface area contributed by atoms with E-state index in [-0.39, 0.29) is 12.6 Å². The third kappa shape index (κ3) is 3.66. The molecule has 0 amide bonds. The van der Waals surface area contributed by atoms with Gasteiger partial charge in [0.05, 0.1) is 13.2 Å². The second kappa shape index (κ2) is 8.79. The van der Waals surface area contributed by atoms with Crippen LogP contribution in [0.15, 0.2) is 47.6 Å². The van der Waals surface area contributed by atoms with Crippen molar-refractivity contribution < 1.29 is 29.9 Å². The van der Waals surface area contributed by atoms with E-state index in [0.29, 0.717) is 23.4 Å². The molecule has 172 valence electrons. The summed E-state index contributed by atoms with van der Waals surface area (Å²) < 4.78 is 11.7. The van der Waals surface area contributed by atoms with Gasteiger partial charge in [-0.1, -0.05) is 54.0 Å². The Kier molecular flexibility index (Phi) is 6.39. The van der Waals surface area contributed by atoms with E-state index >= 15 is 0 Å². The summed E-state index contributed by atoms with van der Waals surface area (Å²) in [7, 11) is 0. The monoisotopic (exact) mass is 463 g/mol. The van der Waals surface area contributed by atoms with Crippen molar-refractivity contribution in [1.29, 1.82) is 0 Å². The van der Waals surface area contributed by atoms with Gasteiger partial charge in [-0.3, -0.25) is 0 Å². The van der Waals surface area contributed by atoms with E-state index in [4.69, 9.17) is 21.1 Å². The molecule has 2 saturated heterocycles. The molecule has 0 aromatic heterocycles. The van der Waals surface area contributed by atoms with Gasteiger partial charge in [-0.15, -0.1) is 0 Å². The molecular formula is C23H26ClNO7. The van der Waals surface area contributed by atoms with E-state index in [1.165, 1.54) is 0 Å². The largest absolute Gasteiger partial charge is 0.393 e. The van der Waals surface area contributed by atoms with Crippen molar-refractivity contribution in [2.24, 2.45) is 5.18 Å². The zero-order valence-corrected chi connectivity index (χ0v) is 18.3. The van der Waals surface area contributed by atoms with Gasteiger partial charge in [0.1, 0.15) is 30.0 Å². The summed E-state index contributed by atoms with van der Waals surface area (Å²) in [5, 5.41) is 44.9. The maximum Gasteiger partial charge on any atom is 0.225 e. The Hall–Kier alpha value is -1.91. The Bertz CT molecular complexity index is 987. The van der Waals surface area contributed by atoms with Gasteiger partial charge in [0.2, 0.25) is 5.79 Å². The molecule has 2 aliphatic rings. The van der Waals surface area contributed by atoms with E-state index in [1.54, 1.807) is 18.2 Å². The Morgan fingerprint density at radius 2 is 1.88 bits per heavy atom. The van der Waals surface area contributed by atoms with Crippen LogP contribution in [-0.2, 0) is 21.7 Å². The molecule has 8 nitrogen and oxygen atoms in total. The molecule has 6 unspecified atom stereocenters. The van der Waals surface area contributed by atoms with Gasteiger partial charge in [0, 0.05) is 10.6 Å². The third-order valence-electron chi connectivity index (χ3n) is 6.45. The summed E-state index contributed by atoms with van der Waals surface area (Å²) in [6, 6.07) is 12.1. The maximum absolute atomic E-state index is 11.0. The number of benzene rings is 2. The fraction of sp³-hybridized carbons (Fsp3) is 0.478. The number of ether oxygens (including phenoxy) is 2. The summed E-state index contributed by atoms with van der Waals surface area (Å²) >= 11 is 6.42. The lowest BCUT2D eigenvalue weighted by molar-refractivity contribution is -0.329. The zero-order chi connectivity index (χ0) is 23.1. The molecule has 2 aliphatic heterocycles. The minimum absolute atomic E-state index is 0.193. The lowest BCUT2D eigenvalue weighted by Crippen LogP contribution is -2.65. The molecule has 2 aromatic carbocycles. The third-order valence-corrected chi connectivity index (χ3v) is 6.82. The predicted molar refractivity (Wildman–Crippen MR) is 116 cm³/mol. The fourth-order valence-corrected chi connectivity index (χ4v) is 4.63. The predicted octanol–water partition coefficient (Wildman–Crippen LogP) is 2.18. The van der Waals surface area contributed by atoms with Crippen molar-refractivity contribution in [3.63, 3.8) is 0 Å². The first-order valence-corrected chi connectivity index (χ1v) is 10.9. The smallest absolute Gasteiger partial charge is 0.225 e. The Morgan fingerprint density at radius 1 is 1.16 bits per heavy atom. The SMILES string of the molecule is CCC(N=O)c1ccc(Cc2cc(C34OCC(CO)(O3)C(O)C(O)C4O)ccc2Cl)cc1. The highest BCUT2D eigenvalue weighted by Gasteiger charge is 2.67. The van der Waals surface area contributed by atoms with Gasteiger partial charge >= 0.3 is 0 Å². The number of aliphatic hydroxyl groups is 4. The number of rotatable bonds is 7. The van der Waals surface area contributed by atoms with Crippen molar-refractivity contribution in [2.45, 2.75) is 55.5 Å². The number of aliphatic hydroxyl groups excluding tert-OH is 4. The van der Waals surface area contributed by atoms with Gasteiger partial charge in [0.25, 0.3) is 0 Å². The van der Waals surface area contributed by atoms with Gasteiger partial charge in [0.15, 0.2) is 0 Å². The average molecular weight is 464 g/mol. The molecule has 2 fully saturated rings. The van der Waals surface area contributed by atoms with Gasteiger partial charge in [-0.2, -0.15) is 4.91 Å². The lowest BCUT2D eigenvalue weighted by Gasteiger charge is -2.46. The summed E-state index contributed by atoms with van der Waals surface area (Å²) in [5.74, 6) is -1.74. The number of nitrogens with zero attached hydrogens (tertiary/aromatic N) is 1. The number of nitroso groups, excluding NO2 is 1. The van der Waals surface area contributed by atoms with Crippen LogP contribution in [0.2, 0.25) is 5.02 Å². The average Bonchev–Trinajstić information content (AvgIpc) is 3.20. The van der Waals surface area contributed by atoms with Crippen LogP contribution in [0.25, 0.3) is 0 Å². The highest BCUT2D eigenvalue weighted by Crippen LogP contribution is 2.49. The summed E-state index contributed by atoms with van der Waals surface area (Å²) in [6.07, 6.45) is -3.56. The molecule has 0 aliphatic carbocycles. The van der Waals surface area contributed by atoms with E-state index < -0.39 is 36.3 Å². The Balaban J connectivity index is 1.64. The van der Waals surface area contributed by atoms with E-state index in [1.807, 2.05) is 31.2 Å². The van der Waals surface area contributed by atoms with Crippen molar-refractivity contribution >= 4 is 11.6 Å². The van der Waals surface area contributed by atoms with Crippen LogP contribution in [0.1, 0.15) is 41.6 Å². The van der Waals surface area contributed by atoms with Crippen LogP contribution < -0.4 is 0 Å². The number of hydrogen-bond donors (Lipinski definition) is 4. The van der Waals surface area contributed by atoms with Crippen molar-refractivity contribution in [3.8, 4) is 0 Å². The van der Waals surface area contributed by atoms with Crippen molar-refractivity contribution in [3.05, 3.63) is 74.6 Å². The second-order valence-corrected chi connectivity index (χ2v) is 8.82. The topological polar surface area (TPSA) is 129 Å². The first kappa shape index (κ1) is 23.3. The number of hydrogen-bond acceptors (Lipinski definition) is 8. The molecule has 32 heavy (non-hydrogen) atoms. The lowest BCUT2D eigenvalue weighted by atomic mass is 9.83. The molecule has 2 bridgehead atoms. The van der Waals surface area contributed by atoms with Crippen LogP contribution in [0.4, 0.5) is 0 Å². The minimum Gasteiger partial charge on any atom is -0.393 e. The molecule has 0 saturated carbocycles.